The van der Waals surface area contributed by atoms with Crippen LogP contribution < -0.4 is 9.47 Å². The Bertz CT molecular complexity index is 621. The maximum atomic E-state index is 12.2. The van der Waals surface area contributed by atoms with Gasteiger partial charge in [0.05, 0.1) is 25.5 Å². The van der Waals surface area contributed by atoms with Gasteiger partial charge in [0.2, 0.25) is 0 Å². The molecule has 4 nitrogen and oxygen atoms in total. The minimum atomic E-state index is -0.161. The summed E-state index contributed by atoms with van der Waals surface area (Å²) in [7, 11) is 3.08. The summed E-state index contributed by atoms with van der Waals surface area (Å²) in [6.45, 7) is 0. The smallest absolute Gasteiger partial charge is 0.189 e. The largest absolute Gasteiger partial charge is 0.497 e. The van der Waals surface area contributed by atoms with Crippen molar-refractivity contribution in [3.8, 4) is 11.5 Å². The second kappa shape index (κ2) is 6.52. The van der Waals surface area contributed by atoms with E-state index in [0.29, 0.717) is 17.1 Å². The van der Waals surface area contributed by atoms with Crippen LogP contribution in [0.2, 0.25) is 0 Å². The Morgan fingerprint density at radius 3 is 2.65 bits per heavy atom. The number of nitrogens with zero attached hydrogens (tertiary/aromatic N) is 1. The highest BCUT2D eigenvalue weighted by atomic mass is 16.5. The van der Waals surface area contributed by atoms with Gasteiger partial charge in [-0.1, -0.05) is 6.07 Å². The van der Waals surface area contributed by atoms with E-state index < -0.39 is 0 Å². The van der Waals surface area contributed by atoms with Gasteiger partial charge in [0.25, 0.3) is 0 Å². The summed E-state index contributed by atoms with van der Waals surface area (Å²) >= 11 is 0. The number of rotatable bonds is 5. The van der Waals surface area contributed by atoms with Gasteiger partial charge in [0, 0.05) is 6.20 Å². The lowest BCUT2D eigenvalue weighted by Gasteiger charge is -2.07. The van der Waals surface area contributed by atoms with Crippen molar-refractivity contribution in [1.82, 2.24) is 4.98 Å². The van der Waals surface area contributed by atoms with Gasteiger partial charge in [0.1, 0.15) is 11.5 Å². The van der Waals surface area contributed by atoms with E-state index in [4.69, 9.17) is 9.47 Å². The fourth-order valence-corrected chi connectivity index (χ4v) is 1.73. The van der Waals surface area contributed by atoms with Gasteiger partial charge >= 0.3 is 0 Å². The van der Waals surface area contributed by atoms with Gasteiger partial charge in [-0.15, -0.1) is 0 Å². The van der Waals surface area contributed by atoms with Crippen LogP contribution in [0.1, 0.15) is 16.1 Å². The summed E-state index contributed by atoms with van der Waals surface area (Å²) in [5.74, 6) is 0.966. The second-order valence-electron chi connectivity index (χ2n) is 4.02. The Balaban J connectivity index is 2.26. The molecule has 1 aromatic heterocycles. The van der Waals surface area contributed by atoms with Crippen LogP contribution in [0, 0.1) is 0 Å². The number of benzene rings is 1. The molecule has 0 radical (unpaired) electrons. The molecule has 1 aromatic carbocycles. The van der Waals surface area contributed by atoms with Gasteiger partial charge in [-0.05, 0) is 42.5 Å². The first kappa shape index (κ1) is 13.8. The first-order valence-corrected chi connectivity index (χ1v) is 6.10. The number of carbonyl (C=O) groups excluding carboxylic acids is 1. The van der Waals surface area contributed by atoms with E-state index in [1.807, 2.05) is 18.2 Å². The molecule has 2 rings (SSSR count). The second-order valence-corrected chi connectivity index (χ2v) is 4.02. The monoisotopic (exact) mass is 269 g/mol. The minimum absolute atomic E-state index is 0.161. The molecular formula is C16H15NO3. The van der Waals surface area contributed by atoms with Crippen LogP contribution in [-0.4, -0.2) is 25.0 Å². The normalized spacial score (nSPS) is 10.5. The third kappa shape index (κ3) is 3.23. The van der Waals surface area contributed by atoms with E-state index >= 15 is 0 Å². The predicted octanol–water partition coefficient (Wildman–Crippen LogP) is 2.99. The Kier molecular flexibility index (Phi) is 4.50. The van der Waals surface area contributed by atoms with Crippen LogP contribution >= 0.6 is 0 Å². The molecule has 1 heterocycles. The lowest BCUT2D eigenvalue weighted by molar-refractivity contribution is 0.104. The topological polar surface area (TPSA) is 48.4 Å². The number of carbonyl (C=O) groups is 1. The maximum absolute atomic E-state index is 12.2. The molecule has 0 unspecified atom stereocenters. The van der Waals surface area contributed by atoms with Gasteiger partial charge in [-0.3, -0.25) is 9.78 Å². The highest BCUT2D eigenvalue weighted by Crippen LogP contribution is 2.24. The average molecular weight is 269 g/mol. The molecule has 0 amide bonds. The molecule has 20 heavy (non-hydrogen) atoms. The van der Waals surface area contributed by atoms with Crippen molar-refractivity contribution in [3.63, 3.8) is 0 Å². The van der Waals surface area contributed by atoms with Gasteiger partial charge < -0.3 is 9.47 Å². The van der Waals surface area contributed by atoms with Crippen LogP contribution in [0.3, 0.4) is 0 Å². The number of allylic oxidation sites excluding steroid dienone is 1. The zero-order valence-corrected chi connectivity index (χ0v) is 11.4. The Morgan fingerprint density at radius 2 is 2.00 bits per heavy atom. The van der Waals surface area contributed by atoms with E-state index in [1.54, 1.807) is 37.6 Å². The van der Waals surface area contributed by atoms with Gasteiger partial charge in [-0.25, -0.2) is 0 Å². The fourth-order valence-electron chi connectivity index (χ4n) is 1.73. The van der Waals surface area contributed by atoms with Gasteiger partial charge in [-0.2, -0.15) is 0 Å². The number of pyridine rings is 1. The molecule has 0 fully saturated rings. The van der Waals surface area contributed by atoms with Crippen molar-refractivity contribution < 1.29 is 14.3 Å². The summed E-state index contributed by atoms with van der Waals surface area (Å²) in [6.07, 6.45) is 4.82. The number of ketones is 1. The Hall–Kier alpha value is -2.62. The first-order chi connectivity index (χ1) is 9.74. The lowest BCUT2D eigenvalue weighted by atomic mass is 10.1. The third-order valence-electron chi connectivity index (χ3n) is 2.77. The number of hydrogen-bond donors (Lipinski definition) is 0. The average Bonchev–Trinajstić information content (AvgIpc) is 2.52. The maximum Gasteiger partial charge on any atom is 0.189 e. The molecule has 4 heteroatoms. The summed E-state index contributed by atoms with van der Waals surface area (Å²) in [6, 6.07) is 10.6. The highest BCUT2D eigenvalue weighted by molar-refractivity contribution is 6.08. The molecule has 0 aliphatic carbocycles. The van der Waals surface area contributed by atoms with Crippen molar-refractivity contribution >= 4 is 11.9 Å². The predicted molar refractivity (Wildman–Crippen MR) is 77.1 cm³/mol. The summed E-state index contributed by atoms with van der Waals surface area (Å²) in [5.41, 5.74) is 1.18. The zero-order valence-electron chi connectivity index (χ0n) is 11.4. The number of aromatic nitrogens is 1. The van der Waals surface area contributed by atoms with E-state index in [-0.39, 0.29) is 5.78 Å². The van der Waals surface area contributed by atoms with Crippen LogP contribution in [0.25, 0.3) is 6.08 Å². The van der Waals surface area contributed by atoms with E-state index in [9.17, 15) is 4.79 Å². The molecule has 0 aliphatic heterocycles. The minimum Gasteiger partial charge on any atom is -0.497 e. The fraction of sp³-hybridized carbons (Fsp3) is 0.125. The SMILES string of the molecule is COc1ccc(OC)c(C(=O)/C=C/c2ccccn2)c1. The molecule has 0 saturated carbocycles. The Morgan fingerprint density at radius 1 is 1.15 bits per heavy atom. The van der Waals surface area contributed by atoms with Crippen molar-refractivity contribution in [1.29, 1.82) is 0 Å². The first-order valence-electron chi connectivity index (χ1n) is 6.10. The molecule has 0 spiro atoms. The van der Waals surface area contributed by atoms with Crippen molar-refractivity contribution in [2.24, 2.45) is 0 Å². The lowest BCUT2D eigenvalue weighted by Crippen LogP contribution is -2.00. The van der Waals surface area contributed by atoms with E-state index in [0.717, 1.165) is 5.69 Å². The van der Waals surface area contributed by atoms with Crippen LogP contribution in [0.4, 0.5) is 0 Å². The van der Waals surface area contributed by atoms with Crippen molar-refractivity contribution in [2.75, 3.05) is 14.2 Å². The van der Waals surface area contributed by atoms with Crippen LogP contribution in [0.5, 0.6) is 11.5 Å². The number of ether oxygens (including phenoxy) is 2. The highest BCUT2D eigenvalue weighted by Gasteiger charge is 2.11. The molecule has 2 aromatic rings. The van der Waals surface area contributed by atoms with Crippen molar-refractivity contribution in [3.05, 3.63) is 59.9 Å². The summed E-state index contributed by atoms with van der Waals surface area (Å²) in [5, 5.41) is 0. The van der Waals surface area contributed by atoms with Crippen molar-refractivity contribution in [2.45, 2.75) is 0 Å². The van der Waals surface area contributed by atoms with Gasteiger partial charge in [0.15, 0.2) is 5.78 Å². The third-order valence-corrected chi connectivity index (χ3v) is 2.77. The van der Waals surface area contributed by atoms with E-state index in [1.165, 1.54) is 13.2 Å². The molecule has 0 aliphatic rings. The zero-order chi connectivity index (χ0) is 14.4. The summed E-state index contributed by atoms with van der Waals surface area (Å²) in [4.78, 5) is 16.3. The number of hydrogen-bond acceptors (Lipinski definition) is 4. The van der Waals surface area contributed by atoms with E-state index in [2.05, 4.69) is 4.98 Å². The quantitative estimate of drug-likeness (QED) is 0.618. The molecule has 102 valence electrons. The molecule has 0 bridgehead atoms. The number of methoxy groups -OCH3 is 2. The molecule has 0 atom stereocenters. The van der Waals surface area contributed by atoms with Crippen LogP contribution in [-0.2, 0) is 0 Å². The Labute approximate surface area is 117 Å². The standard InChI is InChI=1S/C16H15NO3/c1-19-13-7-9-16(20-2)14(11-13)15(18)8-6-12-5-3-4-10-17-12/h3-11H,1-2H3/b8-6+. The summed E-state index contributed by atoms with van der Waals surface area (Å²) < 4.78 is 10.3. The molecule has 0 saturated heterocycles. The van der Waals surface area contributed by atoms with Crippen LogP contribution in [0.15, 0.2) is 48.7 Å². The molecule has 0 N–H and O–H groups in total. The molecular weight excluding hydrogens is 254 g/mol.